The lowest BCUT2D eigenvalue weighted by Crippen LogP contribution is -2.42. The number of benzene rings is 1. The van der Waals surface area contributed by atoms with E-state index in [1.807, 2.05) is 23.1 Å². The number of rotatable bonds is 3. The highest BCUT2D eigenvalue weighted by molar-refractivity contribution is 9.10. The van der Waals surface area contributed by atoms with Crippen LogP contribution in [0.25, 0.3) is 22.1 Å². The SMILES string of the molecule is C[C@@H]1CCCCN1C(=O)CSc1nnc2c(n1)[nH]c1ccc(Br)cc12. The molecule has 25 heavy (non-hydrogen) atoms. The number of fused-ring (bicyclic) bond motifs is 3. The molecule has 0 unspecified atom stereocenters. The number of amides is 1. The number of likely N-dealkylation sites (tertiary alicyclic amines) is 1. The summed E-state index contributed by atoms with van der Waals surface area (Å²) in [4.78, 5) is 22.2. The van der Waals surface area contributed by atoms with Crippen molar-refractivity contribution in [3.05, 3.63) is 22.7 Å². The molecule has 1 aliphatic rings. The Balaban J connectivity index is 1.52. The fourth-order valence-electron chi connectivity index (χ4n) is 3.27. The Morgan fingerprint density at radius 1 is 1.40 bits per heavy atom. The van der Waals surface area contributed by atoms with Crippen molar-refractivity contribution in [3.8, 4) is 0 Å². The number of halogens is 1. The highest BCUT2D eigenvalue weighted by atomic mass is 79.9. The molecule has 1 fully saturated rings. The van der Waals surface area contributed by atoms with Gasteiger partial charge in [-0.25, -0.2) is 4.98 Å². The van der Waals surface area contributed by atoms with Gasteiger partial charge in [0.25, 0.3) is 0 Å². The minimum Gasteiger partial charge on any atom is -0.339 e. The first-order valence-electron chi connectivity index (χ1n) is 8.36. The molecule has 130 valence electrons. The molecule has 8 heteroatoms. The number of carbonyl (C=O) groups excluding carboxylic acids is 1. The predicted molar refractivity (Wildman–Crippen MR) is 103 cm³/mol. The van der Waals surface area contributed by atoms with Crippen LogP contribution in [0.4, 0.5) is 0 Å². The zero-order valence-corrected chi connectivity index (χ0v) is 16.2. The van der Waals surface area contributed by atoms with Crippen molar-refractivity contribution >= 4 is 55.7 Å². The fraction of sp³-hybridized carbons (Fsp3) is 0.412. The van der Waals surface area contributed by atoms with Crippen molar-refractivity contribution in [3.63, 3.8) is 0 Å². The normalized spacial score (nSPS) is 18.2. The molecule has 1 amide bonds. The Labute approximate surface area is 157 Å². The van der Waals surface area contributed by atoms with Crippen LogP contribution in [0.2, 0.25) is 0 Å². The van der Waals surface area contributed by atoms with E-state index in [1.165, 1.54) is 18.2 Å². The van der Waals surface area contributed by atoms with Crippen molar-refractivity contribution in [2.24, 2.45) is 0 Å². The maximum absolute atomic E-state index is 12.4. The lowest BCUT2D eigenvalue weighted by atomic mass is 10.0. The molecule has 1 aliphatic heterocycles. The van der Waals surface area contributed by atoms with E-state index in [9.17, 15) is 4.79 Å². The fourth-order valence-corrected chi connectivity index (χ4v) is 4.30. The summed E-state index contributed by atoms with van der Waals surface area (Å²) in [6, 6.07) is 6.28. The smallest absolute Gasteiger partial charge is 0.233 e. The van der Waals surface area contributed by atoms with Crippen molar-refractivity contribution in [1.29, 1.82) is 0 Å². The number of carbonyl (C=O) groups is 1. The number of hydrogen-bond donors (Lipinski definition) is 1. The summed E-state index contributed by atoms with van der Waals surface area (Å²) >= 11 is 4.82. The summed E-state index contributed by atoms with van der Waals surface area (Å²) in [6.45, 7) is 2.98. The molecular weight excluding hydrogens is 402 g/mol. The lowest BCUT2D eigenvalue weighted by Gasteiger charge is -2.33. The van der Waals surface area contributed by atoms with Crippen LogP contribution in [-0.2, 0) is 4.79 Å². The van der Waals surface area contributed by atoms with E-state index in [-0.39, 0.29) is 5.91 Å². The summed E-state index contributed by atoms with van der Waals surface area (Å²) in [5, 5.41) is 10.0. The molecule has 0 radical (unpaired) electrons. The van der Waals surface area contributed by atoms with E-state index < -0.39 is 0 Å². The Bertz CT molecular complexity index is 943. The van der Waals surface area contributed by atoms with E-state index in [0.717, 1.165) is 40.3 Å². The van der Waals surface area contributed by atoms with Gasteiger partial charge in [-0.3, -0.25) is 4.79 Å². The first-order valence-corrected chi connectivity index (χ1v) is 10.1. The Kier molecular flexibility index (Phi) is 4.64. The summed E-state index contributed by atoms with van der Waals surface area (Å²) in [5.41, 5.74) is 2.42. The molecule has 1 aromatic carbocycles. The monoisotopic (exact) mass is 419 g/mol. The highest BCUT2D eigenvalue weighted by Gasteiger charge is 2.23. The molecule has 6 nitrogen and oxygen atoms in total. The molecule has 2 aromatic heterocycles. The van der Waals surface area contributed by atoms with E-state index in [1.54, 1.807) is 0 Å². The molecule has 4 rings (SSSR count). The highest BCUT2D eigenvalue weighted by Crippen LogP contribution is 2.26. The van der Waals surface area contributed by atoms with Gasteiger partial charge in [0.15, 0.2) is 5.65 Å². The average Bonchev–Trinajstić information content (AvgIpc) is 2.97. The second-order valence-electron chi connectivity index (χ2n) is 6.33. The maximum atomic E-state index is 12.4. The van der Waals surface area contributed by atoms with Crippen LogP contribution in [0.1, 0.15) is 26.2 Å². The van der Waals surface area contributed by atoms with Gasteiger partial charge in [0.1, 0.15) is 5.52 Å². The number of aromatic nitrogens is 4. The molecule has 1 atom stereocenters. The molecule has 1 saturated heterocycles. The van der Waals surface area contributed by atoms with Crippen LogP contribution in [-0.4, -0.2) is 49.3 Å². The van der Waals surface area contributed by atoms with E-state index >= 15 is 0 Å². The van der Waals surface area contributed by atoms with Crippen molar-refractivity contribution in [2.45, 2.75) is 37.4 Å². The summed E-state index contributed by atoms with van der Waals surface area (Å²) in [7, 11) is 0. The molecule has 0 aliphatic carbocycles. The Hall–Kier alpha value is -1.67. The number of thioether (sulfide) groups is 1. The Morgan fingerprint density at radius 2 is 2.28 bits per heavy atom. The van der Waals surface area contributed by atoms with Gasteiger partial charge in [0.05, 0.1) is 5.75 Å². The molecule has 0 bridgehead atoms. The number of hydrogen-bond acceptors (Lipinski definition) is 5. The van der Waals surface area contributed by atoms with Gasteiger partial charge >= 0.3 is 0 Å². The van der Waals surface area contributed by atoms with Crippen LogP contribution in [0.5, 0.6) is 0 Å². The molecule has 3 aromatic rings. The van der Waals surface area contributed by atoms with Gasteiger partial charge in [-0.1, -0.05) is 27.7 Å². The van der Waals surface area contributed by atoms with Crippen LogP contribution in [0, 0.1) is 0 Å². The first kappa shape index (κ1) is 16.8. The third-order valence-electron chi connectivity index (χ3n) is 4.61. The van der Waals surface area contributed by atoms with Crippen LogP contribution >= 0.6 is 27.7 Å². The lowest BCUT2D eigenvalue weighted by molar-refractivity contribution is -0.131. The standard InChI is InChI=1S/C17H18BrN5OS/c1-10-4-2-3-7-23(10)14(24)9-25-17-20-16-15(21-22-17)12-8-11(18)5-6-13(12)19-16/h5-6,8,10H,2-4,7,9H2,1H3,(H,19,20,22)/t10-/m1/s1. The van der Waals surface area contributed by atoms with E-state index in [2.05, 4.69) is 43.0 Å². The minimum absolute atomic E-state index is 0.154. The number of nitrogens with one attached hydrogen (secondary N) is 1. The average molecular weight is 420 g/mol. The summed E-state index contributed by atoms with van der Waals surface area (Å²) in [6.07, 6.45) is 3.39. The van der Waals surface area contributed by atoms with Gasteiger partial charge in [-0.15, -0.1) is 10.2 Å². The number of aromatic amines is 1. The van der Waals surface area contributed by atoms with Gasteiger partial charge in [-0.2, -0.15) is 0 Å². The minimum atomic E-state index is 0.154. The number of H-pyrrole nitrogens is 1. The number of nitrogens with zero attached hydrogens (tertiary/aromatic N) is 4. The van der Waals surface area contributed by atoms with E-state index in [4.69, 9.17) is 0 Å². The second kappa shape index (κ2) is 6.92. The van der Waals surface area contributed by atoms with Crippen LogP contribution in [0.3, 0.4) is 0 Å². The second-order valence-corrected chi connectivity index (χ2v) is 8.19. The van der Waals surface area contributed by atoms with Crippen molar-refractivity contribution < 1.29 is 4.79 Å². The van der Waals surface area contributed by atoms with Crippen molar-refractivity contribution in [1.82, 2.24) is 25.1 Å². The third-order valence-corrected chi connectivity index (χ3v) is 5.92. The van der Waals surface area contributed by atoms with Crippen molar-refractivity contribution in [2.75, 3.05) is 12.3 Å². The summed E-state index contributed by atoms with van der Waals surface area (Å²) < 4.78 is 0.988. The maximum Gasteiger partial charge on any atom is 0.233 e. The van der Waals surface area contributed by atoms with Gasteiger partial charge < -0.3 is 9.88 Å². The number of piperidine rings is 1. The zero-order chi connectivity index (χ0) is 17.4. The first-order chi connectivity index (χ1) is 12.1. The topological polar surface area (TPSA) is 74.8 Å². The van der Waals surface area contributed by atoms with Crippen LogP contribution < -0.4 is 0 Å². The molecule has 3 heterocycles. The zero-order valence-electron chi connectivity index (χ0n) is 13.8. The molecule has 0 saturated carbocycles. The molecular formula is C17H18BrN5OS. The quantitative estimate of drug-likeness (QED) is 0.653. The third kappa shape index (κ3) is 3.37. The van der Waals surface area contributed by atoms with Gasteiger partial charge in [0, 0.05) is 28.0 Å². The summed E-state index contributed by atoms with van der Waals surface area (Å²) in [5.74, 6) is 0.505. The molecule has 1 N–H and O–H groups in total. The van der Waals surface area contributed by atoms with E-state index in [0.29, 0.717) is 22.6 Å². The predicted octanol–water partition coefficient (Wildman–Crippen LogP) is 3.76. The Morgan fingerprint density at radius 3 is 3.12 bits per heavy atom. The largest absolute Gasteiger partial charge is 0.339 e. The molecule has 0 spiro atoms. The van der Waals surface area contributed by atoms with Crippen LogP contribution in [0.15, 0.2) is 27.8 Å². The van der Waals surface area contributed by atoms with Gasteiger partial charge in [-0.05, 0) is 44.4 Å². The van der Waals surface area contributed by atoms with Gasteiger partial charge in [0.2, 0.25) is 11.1 Å².